The predicted octanol–water partition coefficient (Wildman–Crippen LogP) is 4.14. The number of rotatable bonds is 6. The van der Waals surface area contributed by atoms with E-state index in [0.29, 0.717) is 6.04 Å². The fourth-order valence-corrected chi connectivity index (χ4v) is 2.48. The Morgan fingerprint density at radius 1 is 1.39 bits per heavy atom. The number of nitrogens with zero attached hydrogens (tertiary/aromatic N) is 2. The van der Waals surface area contributed by atoms with Gasteiger partial charge in [-0.15, -0.1) is 0 Å². The molecule has 18 heavy (non-hydrogen) atoms. The lowest BCUT2D eigenvalue weighted by atomic mass is 10.2. The molecule has 0 aromatic carbocycles. The van der Waals surface area contributed by atoms with Gasteiger partial charge in [0.05, 0.1) is 16.4 Å². The number of unbranched alkanes of at least 4 members (excludes halogenated alkanes) is 2. The van der Waals surface area contributed by atoms with Gasteiger partial charge < -0.3 is 10.6 Å². The minimum Gasteiger partial charge on any atom is -0.397 e. The fourth-order valence-electron chi connectivity index (χ4n) is 1.92. The summed E-state index contributed by atoms with van der Waals surface area (Å²) in [6, 6.07) is 0.439. The van der Waals surface area contributed by atoms with Crippen molar-refractivity contribution in [2.24, 2.45) is 0 Å². The van der Waals surface area contributed by atoms with Crippen molar-refractivity contribution in [1.29, 1.82) is 0 Å². The molecule has 102 valence electrons. The zero-order valence-electron chi connectivity index (χ0n) is 11.8. The van der Waals surface area contributed by atoms with Crippen LogP contribution in [0.4, 0.5) is 11.5 Å². The van der Waals surface area contributed by atoms with Crippen LogP contribution in [0.3, 0.4) is 0 Å². The maximum Gasteiger partial charge on any atom is 0.143 e. The molecule has 0 amide bonds. The highest BCUT2D eigenvalue weighted by Gasteiger charge is 2.16. The first-order valence-corrected chi connectivity index (χ1v) is 7.45. The normalized spacial score (nSPS) is 11.0. The first-order valence-electron chi connectivity index (χ1n) is 6.66. The van der Waals surface area contributed by atoms with Gasteiger partial charge in [-0.1, -0.05) is 19.8 Å². The number of nitrogen functional groups attached to an aromatic ring is 1. The number of halogens is 1. The number of pyridine rings is 1. The molecule has 0 aliphatic carbocycles. The van der Waals surface area contributed by atoms with E-state index in [-0.39, 0.29) is 0 Å². The standard InChI is InChI=1S/C14H24BrN3/c1-5-6-7-8-18(10(2)3)14-13(15)11(4)12(16)9-17-14/h9-10H,5-8,16H2,1-4H3. The minimum absolute atomic E-state index is 0.439. The molecule has 0 aliphatic rings. The second kappa shape index (κ2) is 6.98. The Morgan fingerprint density at radius 3 is 2.61 bits per heavy atom. The summed E-state index contributed by atoms with van der Waals surface area (Å²) in [5.74, 6) is 1.01. The van der Waals surface area contributed by atoms with Crippen molar-refractivity contribution in [2.45, 2.75) is 53.0 Å². The second-order valence-electron chi connectivity index (χ2n) is 4.97. The van der Waals surface area contributed by atoms with Crippen LogP contribution < -0.4 is 10.6 Å². The molecule has 0 unspecified atom stereocenters. The number of aromatic nitrogens is 1. The molecule has 1 aromatic heterocycles. The molecule has 1 heterocycles. The van der Waals surface area contributed by atoms with Gasteiger partial charge in [0.25, 0.3) is 0 Å². The van der Waals surface area contributed by atoms with E-state index in [2.05, 4.69) is 46.6 Å². The van der Waals surface area contributed by atoms with E-state index in [1.54, 1.807) is 6.20 Å². The van der Waals surface area contributed by atoms with Gasteiger partial charge in [0.2, 0.25) is 0 Å². The zero-order chi connectivity index (χ0) is 13.7. The third-order valence-electron chi connectivity index (χ3n) is 3.18. The summed E-state index contributed by atoms with van der Waals surface area (Å²) >= 11 is 3.62. The van der Waals surface area contributed by atoms with Gasteiger partial charge in [-0.3, -0.25) is 0 Å². The van der Waals surface area contributed by atoms with E-state index in [0.717, 1.165) is 28.1 Å². The van der Waals surface area contributed by atoms with Gasteiger partial charge in [-0.25, -0.2) is 4.98 Å². The predicted molar refractivity (Wildman–Crippen MR) is 83.1 cm³/mol. The Bertz CT molecular complexity index is 391. The third-order valence-corrected chi connectivity index (χ3v) is 4.13. The van der Waals surface area contributed by atoms with Crippen LogP contribution in [0.25, 0.3) is 0 Å². The first kappa shape index (κ1) is 15.3. The van der Waals surface area contributed by atoms with Crippen LogP contribution in [0.15, 0.2) is 10.7 Å². The largest absolute Gasteiger partial charge is 0.397 e. The summed E-state index contributed by atoms with van der Waals surface area (Å²) < 4.78 is 1.02. The van der Waals surface area contributed by atoms with E-state index in [1.807, 2.05) is 6.92 Å². The highest BCUT2D eigenvalue weighted by molar-refractivity contribution is 9.10. The quantitative estimate of drug-likeness (QED) is 0.802. The second-order valence-corrected chi connectivity index (χ2v) is 5.76. The molecule has 0 bridgehead atoms. The van der Waals surface area contributed by atoms with Gasteiger partial charge in [0.15, 0.2) is 0 Å². The molecule has 2 N–H and O–H groups in total. The molecule has 0 saturated carbocycles. The van der Waals surface area contributed by atoms with E-state index >= 15 is 0 Å². The molecule has 0 spiro atoms. The monoisotopic (exact) mass is 313 g/mol. The van der Waals surface area contributed by atoms with Gasteiger partial charge in [0, 0.05) is 12.6 Å². The van der Waals surface area contributed by atoms with Gasteiger partial charge >= 0.3 is 0 Å². The van der Waals surface area contributed by atoms with Gasteiger partial charge in [0.1, 0.15) is 5.82 Å². The zero-order valence-corrected chi connectivity index (χ0v) is 13.4. The number of anilines is 2. The summed E-state index contributed by atoms with van der Waals surface area (Å²) in [4.78, 5) is 6.83. The van der Waals surface area contributed by atoms with Crippen LogP contribution in [-0.2, 0) is 0 Å². The summed E-state index contributed by atoms with van der Waals surface area (Å²) in [7, 11) is 0. The third kappa shape index (κ3) is 3.61. The van der Waals surface area contributed by atoms with Crippen LogP contribution in [0.2, 0.25) is 0 Å². The van der Waals surface area contributed by atoms with Crippen LogP contribution in [0, 0.1) is 6.92 Å². The Balaban J connectivity index is 2.95. The van der Waals surface area contributed by atoms with Crippen molar-refractivity contribution in [2.75, 3.05) is 17.2 Å². The van der Waals surface area contributed by atoms with Crippen molar-refractivity contribution < 1.29 is 0 Å². The van der Waals surface area contributed by atoms with Crippen molar-refractivity contribution >= 4 is 27.4 Å². The topological polar surface area (TPSA) is 42.2 Å². The van der Waals surface area contributed by atoms with Crippen LogP contribution in [0.5, 0.6) is 0 Å². The summed E-state index contributed by atoms with van der Waals surface area (Å²) in [6.45, 7) is 9.69. The number of hydrogen-bond acceptors (Lipinski definition) is 3. The lowest BCUT2D eigenvalue weighted by Crippen LogP contribution is -2.33. The average Bonchev–Trinajstić information content (AvgIpc) is 2.33. The smallest absolute Gasteiger partial charge is 0.143 e. The molecule has 0 fully saturated rings. The summed E-state index contributed by atoms with van der Waals surface area (Å²) in [5, 5.41) is 0. The van der Waals surface area contributed by atoms with Gasteiger partial charge in [-0.05, 0) is 48.7 Å². The molecule has 3 nitrogen and oxygen atoms in total. The van der Waals surface area contributed by atoms with Crippen LogP contribution >= 0.6 is 15.9 Å². The maximum atomic E-state index is 5.88. The number of nitrogens with two attached hydrogens (primary N) is 1. The molecular formula is C14H24BrN3. The fraction of sp³-hybridized carbons (Fsp3) is 0.643. The lowest BCUT2D eigenvalue weighted by Gasteiger charge is -2.29. The highest BCUT2D eigenvalue weighted by atomic mass is 79.9. The first-order chi connectivity index (χ1) is 8.49. The van der Waals surface area contributed by atoms with Crippen molar-refractivity contribution in [3.05, 3.63) is 16.2 Å². The Kier molecular flexibility index (Phi) is 5.93. The molecule has 0 saturated heterocycles. The summed E-state index contributed by atoms with van der Waals surface area (Å²) in [5.41, 5.74) is 7.69. The van der Waals surface area contributed by atoms with E-state index in [1.165, 1.54) is 19.3 Å². The molecule has 4 heteroatoms. The lowest BCUT2D eigenvalue weighted by molar-refractivity contribution is 0.618. The Morgan fingerprint density at radius 2 is 2.06 bits per heavy atom. The molecule has 0 radical (unpaired) electrons. The van der Waals surface area contributed by atoms with Crippen molar-refractivity contribution in [3.8, 4) is 0 Å². The van der Waals surface area contributed by atoms with E-state index in [9.17, 15) is 0 Å². The average molecular weight is 314 g/mol. The maximum absolute atomic E-state index is 5.88. The summed E-state index contributed by atoms with van der Waals surface area (Å²) in [6.07, 6.45) is 5.45. The molecular weight excluding hydrogens is 290 g/mol. The minimum atomic E-state index is 0.439. The molecule has 1 aromatic rings. The van der Waals surface area contributed by atoms with E-state index < -0.39 is 0 Å². The van der Waals surface area contributed by atoms with Crippen molar-refractivity contribution in [3.63, 3.8) is 0 Å². The highest BCUT2D eigenvalue weighted by Crippen LogP contribution is 2.31. The SMILES string of the molecule is CCCCCN(c1ncc(N)c(C)c1Br)C(C)C. The van der Waals surface area contributed by atoms with Crippen molar-refractivity contribution in [1.82, 2.24) is 4.98 Å². The van der Waals surface area contributed by atoms with Crippen LogP contribution in [0.1, 0.15) is 45.6 Å². The Labute approximate surface area is 119 Å². The molecule has 1 rings (SSSR count). The Hall–Kier alpha value is -0.770. The van der Waals surface area contributed by atoms with Crippen LogP contribution in [-0.4, -0.2) is 17.6 Å². The van der Waals surface area contributed by atoms with Gasteiger partial charge in [-0.2, -0.15) is 0 Å². The van der Waals surface area contributed by atoms with E-state index in [4.69, 9.17) is 5.73 Å². The molecule has 0 aliphatic heterocycles. The number of hydrogen-bond donors (Lipinski definition) is 1. The molecule has 0 atom stereocenters.